The summed E-state index contributed by atoms with van der Waals surface area (Å²) in [6.45, 7) is 2.27. The average molecular weight is 393 g/mol. The van der Waals surface area contributed by atoms with Crippen molar-refractivity contribution in [2.24, 2.45) is 7.05 Å². The Kier molecular flexibility index (Phi) is 7.00. The first-order valence-corrected chi connectivity index (χ1v) is 9.96. The first-order valence-electron chi connectivity index (χ1n) is 9.96. The van der Waals surface area contributed by atoms with Crippen LogP contribution in [0.1, 0.15) is 45.7 Å². The SMILES string of the molecule is Cc1cc(CCCc2ccccc2)oc(=O)c1C(=O)NCCCc1cnn(C)c1. The number of benzene rings is 1. The van der Waals surface area contributed by atoms with Gasteiger partial charge in [-0.2, -0.15) is 5.10 Å². The van der Waals surface area contributed by atoms with Gasteiger partial charge < -0.3 is 9.73 Å². The third kappa shape index (κ3) is 5.91. The van der Waals surface area contributed by atoms with Gasteiger partial charge in [0.15, 0.2) is 0 Å². The molecule has 152 valence electrons. The fourth-order valence-electron chi connectivity index (χ4n) is 3.36. The van der Waals surface area contributed by atoms with Crippen LogP contribution in [0.3, 0.4) is 0 Å². The number of aryl methyl sites for hydroxylation is 5. The predicted octanol–water partition coefficient (Wildman–Crippen LogP) is 3.22. The predicted molar refractivity (Wildman–Crippen MR) is 112 cm³/mol. The molecule has 0 aliphatic heterocycles. The molecule has 0 unspecified atom stereocenters. The molecule has 3 rings (SSSR count). The quantitative estimate of drug-likeness (QED) is 0.566. The zero-order valence-electron chi connectivity index (χ0n) is 17.0. The highest BCUT2D eigenvalue weighted by molar-refractivity contribution is 5.95. The smallest absolute Gasteiger partial charge is 0.349 e. The van der Waals surface area contributed by atoms with Crippen LogP contribution in [-0.2, 0) is 26.3 Å². The lowest BCUT2D eigenvalue weighted by Gasteiger charge is -2.08. The van der Waals surface area contributed by atoms with E-state index in [-0.39, 0.29) is 11.5 Å². The standard InChI is InChI=1S/C23H27N3O3/c1-17-14-20(12-6-10-18-8-4-3-5-9-18)29-23(28)21(17)22(27)24-13-7-11-19-15-25-26(2)16-19/h3-5,8-9,14-16H,6-7,10-13H2,1-2H3,(H,24,27). The van der Waals surface area contributed by atoms with Crippen LogP contribution in [0.25, 0.3) is 0 Å². The fourth-order valence-corrected chi connectivity index (χ4v) is 3.36. The van der Waals surface area contributed by atoms with Gasteiger partial charge in [0.25, 0.3) is 5.91 Å². The summed E-state index contributed by atoms with van der Waals surface area (Å²) in [6.07, 6.45) is 7.84. The molecule has 1 aromatic carbocycles. The zero-order valence-corrected chi connectivity index (χ0v) is 17.0. The number of amides is 1. The first kappa shape index (κ1) is 20.6. The third-order valence-electron chi connectivity index (χ3n) is 4.84. The van der Waals surface area contributed by atoms with Gasteiger partial charge >= 0.3 is 5.63 Å². The van der Waals surface area contributed by atoms with Gasteiger partial charge in [-0.05, 0) is 55.4 Å². The minimum absolute atomic E-state index is 0.0955. The van der Waals surface area contributed by atoms with Crippen molar-refractivity contribution < 1.29 is 9.21 Å². The third-order valence-corrected chi connectivity index (χ3v) is 4.84. The maximum absolute atomic E-state index is 12.4. The van der Waals surface area contributed by atoms with Gasteiger partial charge in [0, 0.05) is 26.2 Å². The second-order valence-electron chi connectivity index (χ2n) is 7.28. The lowest BCUT2D eigenvalue weighted by atomic mass is 10.1. The Bertz CT molecular complexity index is 1010. The Morgan fingerprint density at radius 2 is 1.86 bits per heavy atom. The summed E-state index contributed by atoms with van der Waals surface area (Å²) in [5, 5.41) is 6.94. The van der Waals surface area contributed by atoms with E-state index in [1.54, 1.807) is 17.7 Å². The Morgan fingerprint density at radius 3 is 2.55 bits per heavy atom. The summed E-state index contributed by atoms with van der Waals surface area (Å²) >= 11 is 0. The van der Waals surface area contributed by atoms with Gasteiger partial charge in [-0.15, -0.1) is 0 Å². The molecule has 0 fully saturated rings. The van der Waals surface area contributed by atoms with E-state index in [0.717, 1.165) is 31.2 Å². The monoisotopic (exact) mass is 393 g/mol. The van der Waals surface area contributed by atoms with E-state index in [1.165, 1.54) is 5.56 Å². The van der Waals surface area contributed by atoms with Crippen LogP contribution in [-0.4, -0.2) is 22.2 Å². The van der Waals surface area contributed by atoms with Crippen molar-refractivity contribution in [3.63, 3.8) is 0 Å². The molecule has 0 aliphatic rings. The van der Waals surface area contributed by atoms with Crippen LogP contribution < -0.4 is 10.9 Å². The number of carbonyl (C=O) groups excluding carboxylic acids is 1. The number of hydrogen-bond donors (Lipinski definition) is 1. The summed E-state index contributed by atoms with van der Waals surface area (Å²) in [6, 6.07) is 12.0. The van der Waals surface area contributed by atoms with E-state index in [1.807, 2.05) is 37.6 Å². The largest absolute Gasteiger partial charge is 0.427 e. The molecule has 0 radical (unpaired) electrons. The molecule has 3 aromatic rings. The van der Waals surface area contributed by atoms with E-state index in [4.69, 9.17) is 4.42 Å². The molecule has 0 spiro atoms. The van der Waals surface area contributed by atoms with Crippen LogP contribution in [0.5, 0.6) is 0 Å². The molecule has 6 nitrogen and oxygen atoms in total. The molecular formula is C23H27N3O3. The van der Waals surface area contributed by atoms with Gasteiger partial charge in [-0.25, -0.2) is 4.79 Å². The Morgan fingerprint density at radius 1 is 1.10 bits per heavy atom. The highest BCUT2D eigenvalue weighted by atomic mass is 16.4. The van der Waals surface area contributed by atoms with Crippen molar-refractivity contribution in [3.8, 4) is 0 Å². The Hall–Kier alpha value is -3.15. The van der Waals surface area contributed by atoms with Crippen molar-refractivity contribution in [1.82, 2.24) is 15.1 Å². The Balaban J connectivity index is 1.51. The fraction of sp³-hybridized carbons (Fsp3) is 0.348. The highest BCUT2D eigenvalue weighted by Crippen LogP contribution is 2.11. The molecule has 0 bridgehead atoms. The average Bonchev–Trinajstić information content (AvgIpc) is 3.11. The number of hydrogen-bond acceptors (Lipinski definition) is 4. The number of carbonyl (C=O) groups is 1. The Labute approximate surface area is 170 Å². The van der Waals surface area contributed by atoms with Gasteiger partial charge in [-0.1, -0.05) is 30.3 Å². The second kappa shape index (κ2) is 9.87. The van der Waals surface area contributed by atoms with Gasteiger partial charge in [0.05, 0.1) is 6.20 Å². The van der Waals surface area contributed by atoms with Crippen LogP contribution >= 0.6 is 0 Å². The minimum Gasteiger partial charge on any atom is -0.427 e. The molecule has 0 saturated carbocycles. The topological polar surface area (TPSA) is 77.1 Å². The van der Waals surface area contributed by atoms with Crippen LogP contribution in [0.15, 0.2) is 58.0 Å². The van der Waals surface area contributed by atoms with E-state index in [9.17, 15) is 9.59 Å². The van der Waals surface area contributed by atoms with Crippen LogP contribution in [0.2, 0.25) is 0 Å². The molecule has 0 aliphatic carbocycles. The van der Waals surface area contributed by atoms with Crippen molar-refractivity contribution in [2.45, 2.75) is 39.0 Å². The molecule has 1 N–H and O–H groups in total. The van der Waals surface area contributed by atoms with Crippen molar-refractivity contribution in [3.05, 3.63) is 87.2 Å². The zero-order chi connectivity index (χ0) is 20.6. The normalized spacial score (nSPS) is 10.8. The molecule has 2 aromatic heterocycles. The molecular weight excluding hydrogens is 366 g/mol. The summed E-state index contributed by atoms with van der Waals surface area (Å²) in [5.74, 6) is 0.245. The van der Waals surface area contributed by atoms with Gasteiger partial charge in [0.2, 0.25) is 0 Å². The maximum atomic E-state index is 12.4. The number of nitrogens with zero attached hydrogens (tertiary/aromatic N) is 2. The number of nitrogens with one attached hydrogen (secondary N) is 1. The van der Waals surface area contributed by atoms with E-state index >= 15 is 0 Å². The second-order valence-corrected chi connectivity index (χ2v) is 7.28. The number of rotatable bonds is 9. The van der Waals surface area contributed by atoms with Gasteiger partial charge in [-0.3, -0.25) is 9.48 Å². The van der Waals surface area contributed by atoms with Gasteiger partial charge in [0.1, 0.15) is 11.3 Å². The van der Waals surface area contributed by atoms with Crippen molar-refractivity contribution >= 4 is 5.91 Å². The molecule has 2 heterocycles. The van der Waals surface area contributed by atoms with E-state index < -0.39 is 5.63 Å². The van der Waals surface area contributed by atoms with Crippen LogP contribution in [0, 0.1) is 6.92 Å². The summed E-state index contributed by atoms with van der Waals surface area (Å²) in [7, 11) is 1.87. The molecule has 0 saturated heterocycles. The van der Waals surface area contributed by atoms with E-state index in [2.05, 4.69) is 22.5 Å². The molecule has 0 atom stereocenters. The molecule has 29 heavy (non-hydrogen) atoms. The minimum atomic E-state index is -0.565. The van der Waals surface area contributed by atoms with Crippen molar-refractivity contribution in [1.29, 1.82) is 0 Å². The molecule has 6 heteroatoms. The summed E-state index contributed by atoms with van der Waals surface area (Å²) < 4.78 is 7.15. The number of aromatic nitrogens is 2. The summed E-state index contributed by atoms with van der Waals surface area (Å²) in [5.41, 5.74) is 2.56. The lowest BCUT2D eigenvalue weighted by Crippen LogP contribution is -2.30. The van der Waals surface area contributed by atoms with E-state index in [0.29, 0.717) is 24.3 Å². The summed E-state index contributed by atoms with van der Waals surface area (Å²) in [4.78, 5) is 24.8. The maximum Gasteiger partial charge on any atom is 0.349 e. The highest BCUT2D eigenvalue weighted by Gasteiger charge is 2.16. The van der Waals surface area contributed by atoms with Crippen LogP contribution in [0.4, 0.5) is 0 Å². The van der Waals surface area contributed by atoms with Crippen molar-refractivity contribution in [2.75, 3.05) is 6.54 Å². The lowest BCUT2D eigenvalue weighted by molar-refractivity contribution is 0.0948. The molecule has 1 amide bonds. The first-order chi connectivity index (χ1) is 14.0.